The van der Waals surface area contributed by atoms with E-state index in [0.29, 0.717) is 0 Å². The van der Waals surface area contributed by atoms with E-state index < -0.39 is 0 Å². The summed E-state index contributed by atoms with van der Waals surface area (Å²) in [6.45, 7) is 5.40. The Labute approximate surface area is 142 Å². The maximum Gasteiger partial charge on any atom is 0.112 e. The van der Waals surface area contributed by atoms with Gasteiger partial charge >= 0.3 is 0 Å². The van der Waals surface area contributed by atoms with Crippen molar-refractivity contribution in [3.05, 3.63) is 71.7 Å². The van der Waals surface area contributed by atoms with Crippen LogP contribution in [0.5, 0.6) is 0 Å². The highest BCUT2D eigenvalue weighted by Gasteiger charge is 2.23. The summed E-state index contributed by atoms with van der Waals surface area (Å²) in [7, 11) is 0. The second-order valence-electron chi connectivity index (χ2n) is 6.35. The standard InChI is InChI=1S/C20H21N3O/c1-15-6-9-19(21-12-15)20-14-23(10-11-24-20)13-17-8-7-16-4-2-3-5-18(16)22-17/h2-9,12,20H,10-11,13-14H2,1H3/t20-/m1/s1. The maximum atomic E-state index is 5.92. The fourth-order valence-corrected chi connectivity index (χ4v) is 3.12. The van der Waals surface area contributed by atoms with E-state index in [1.165, 1.54) is 10.9 Å². The first-order chi connectivity index (χ1) is 11.8. The second-order valence-corrected chi connectivity index (χ2v) is 6.35. The monoisotopic (exact) mass is 319 g/mol. The lowest BCUT2D eigenvalue weighted by Crippen LogP contribution is -2.38. The van der Waals surface area contributed by atoms with Gasteiger partial charge in [-0.3, -0.25) is 14.9 Å². The number of benzene rings is 1. The first kappa shape index (κ1) is 15.2. The number of hydrogen-bond acceptors (Lipinski definition) is 4. The Morgan fingerprint density at radius 1 is 1.12 bits per heavy atom. The minimum Gasteiger partial charge on any atom is -0.369 e. The topological polar surface area (TPSA) is 38.2 Å². The summed E-state index contributed by atoms with van der Waals surface area (Å²) in [5, 5.41) is 1.19. The van der Waals surface area contributed by atoms with E-state index in [2.05, 4.69) is 53.2 Å². The van der Waals surface area contributed by atoms with Gasteiger partial charge in [0.1, 0.15) is 6.10 Å². The largest absolute Gasteiger partial charge is 0.369 e. The zero-order valence-electron chi connectivity index (χ0n) is 13.9. The lowest BCUT2D eigenvalue weighted by Gasteiger charge is -2.32. The molecule has 1 aromatic carbocycles. The summed E-state index contributed by atoms with van der Waals surface area (Å²) in [6.07, 6.45) is 1.95. The summed E-state index contributed by atoms with van der Waals surface area (Å²) in [5.74, 6) is 0. The number of para-hydroxylation sites is 1. The van der Waals surface area contributed by atoms with Crippen molar-refractivity contribution in [2.45, 2.75) is 19.6 Å². The molecule has 0 unspecified atom stereocenters. The molecule has 0 saturated carbocycles. The molecule has 2 aromatic heterocycles. The molecular formula is C20H21N3O. The minimum atomic E-state index is 0.0415. The fraction of sp³-hybridized carbons (Fsp3) is 0.300. The number of aromatic nitrogens is 2. The van der Waals surface area contributed by atoms with Gasteiger partial charge in [-0.1, -0.05) is 30.3 Å². The van der Waals surface area contributed by atoms with Gasteiger partial charge in [-0.2, -0.15) is 0 Å². The zero-order valence-corrected chi connectivity index (χ0v) is 13.9. The van der Waals surface area contributed by atoms with Crippen LogP contribution in [0.1, 0.15) is 23.1 Å². The molecular weight excluding hydrogens is 298 g/mol. The molecule has 0 amide bonds. The molecule has 0 bridgehead atoms. The van der Waals surface area contributed by atoms with E-state index in [-0.39, 0.29) is 6.10 Å². The van der Waals surface area contributed by atoms with Crippen LogP contribution in [0.4, 0.5) is 0 Å². The van der Waals surface area contributed by atoms with Gasteiger partial charge in [0.25, 0.3) is 0 Å². The summed E-state index contributed by atoms with van der Waals surface area (Å²) in [5.41, 5.74) is 4.34. The molecule has 0 N–H and O–H groups in total. The molecule has 122 valence electrons. The Hall–Kier alpha value is -2.30. The average molecular weight is 319 g/mol. The van der Waals surface area contributed by atoms with Crippen molar-refractivity contribution in [1.82, 2.24) is 14.9 Å². The molecule has 4 rings (SSSR count). The highest BCUT2D eigenvalue weighted by molar-refractivity contribution is 5.78. The van der Waals surface area contributed by atoms with Crippen LogP contribution >= 0.6 is 0 Å². The van der Waals surface area contributed by atoms with E-state index >= 15 is 0 Å². The number of morpholine rings is 1. The van der Waals surface area contributed by atoms with Gasteiger partial charge in [-0.25, -0.2) is 0 Å². The van der Waals surface area contributed by atoms with Crippen molar-refractivity contribution in [3.63, 3.8) is 0 Å². The van der Waals surface area contributed by atoms with Gasteiger partial charge in [0.15, 0.2) is 0 Å². The number of aryl methyl sites for hydroxylation is 1. The van der Waals surface area contributed by atoms with Crippen LogP contribution in [-0.4, -0.2) is 34.6 Å². The Balaban J connectivity index is 1.48. The predicted molar refractivity (Wildman–Crippen MR) is 94.7 cm³/mol. The first-order valence-electron chi connectivity index (χ1n) is 8.39. The molecule has 3 heterocycles. The minimum absolute atomic E-state index is 0.0415. The van der Waals surface area contributed by atoms with Crippen molar-refractivity contribution in [2.24, 2.45) is 0 Å². The summed E-state index contributed by atoms with van der Waals surface area (Å²) in [6, 6.07) is 16.7. The predicted octanol–water partition coefficient (Wildman–Crippen LogP) is 3.51. The Kier molecular flexibility index (Phi) is 4.24. The zero-order chi connectivity index (χ0) is 16.4. The summed E-state index contributed by atoms with van der Waals surface area (Å²) >= 11 is 0. The van der Waals surface area contributed by atoms with Gasteiger partial charge < -0.3 is 4.74 Å². The number of hydrogen-bond donors (Lipinski definition) is 0. The van der Waals surface area contributed by atoms with Crippen molar-refractivity contribution in [2.75, 3.05) is 19.7 Å². The Bertz CT molecular complexity index is 832. The van der Waals surface area contributed by atoms with E-state index in [1.807, 2.05) is 18.3 Å². The Morgan fingerprint density at radius 3 is 2.92 bits per heavy atom. The van der Waals surface area contributed by atoms with E-state index in [9.17, 15) is 0 Å². The second kappa shape index (κ2) is 6.67. The smallest absolute Gasteiger partial charge is 0.112 e. The molecule has 3 aromatic rings. The maximum absolute atomic E-state index is 5.92. The lowest BCUT2D eigenvalue weighted by atomic mass is 10.1. The van der Waals surface area contributed by atoms with Crippen molar-refractivity contribution < 1.29 is 4.74 Å². The molecule has 0 spiro atoms. The molecule has 4 nitrogen and oxygen atoms in total. The average Bonchev–Trinajstić information content (AvgIpc) is 2.62. The number of rotatable bonds is 3. The lowest BCUT2D eigenvalue weighted by molar-refractivity contribution is -0.0353. The van der Waals surface area contributed by atoms with Crippen LogP contribution in [0.25, 0.3) is 10.9 Å². The van der Waals surface area contributed by atoms with Gasteiger partial charge in [0.05, 0.1) is 23.5 Å². The van der Waals surface area contributed by atoms with Gasteiger partial charge in [0.2, 0.25) is 0 Å². The van der Waals surface area contributed by atoms with Crippen LogP contribution in [0, 0.1) is 6.92 Å². The normalized spacial score (nSPS) is 18.8. The number of ether oxygens (including phenoxy) is 1. The summed E-state index contributed by atoms with van der Waals surface area (Å²) < 4.78 is 5.92. The number of fused-ring (bicyclic) bond motifs is 1. The van der Waals surface area contributed by atoms with Crippen molar-refractivity contribution in [3.8, 4) is 0 Å². The number of pyridine rings is 2. The molecule has 1 atom stereocenters. The van der Waals surface area contributed by atoms with Gasteiger partial charge in [-0.05, 0) is 30.7 Å². The molecule has 0 radical (unpaired) electrons. The molecule has 1 saturated heterocycles. The van der Waals surface area contributed by atoms with Crippen LogP contribution in [0.15, 0.2) is 54.7 Å². The molecule has 0 aliphatic carbocycles. The Morgan fingerprint density at radius 2 is 2.04 bits per heavy atom. The van der Waals surface area contributed by atoms with Crippen molar-refractivity contribution >= 4 is 10.9 Å². The van der Waals surface area contributed by atoms with Gasteiger partial charge in [0, 0.05) is 31.2 Å². The van der Waals surface area contributed by atoms with E-state index in [1.54, 1.807) is 0 Å². The molecule has 1 fully saturated rings. The van der Waals surface area contributed by atoms with Gasteiger partial charge in [-0.15, -0.1) is 0 Å². The third-order valence-corrected chi connectivity index (χ3v) is 4.46. The molecule has 1 aliphatic heterocycles. The fourth-order valence-electron chi connectivity index (χ4n) is 3.12. The highest BCUT2D eigenvalue weighted by atomic mass is 16.5. The number of nitrogens with zero attached hydrogens (tertiary/aromatic N) is 3. The SMILES string of the molecule is Cc1ccc([C@H]2CN(Cc3ccc4ccccc4n3)CCO2)nc1. The van der Waals surface area contributed by atoms with E-state index in [0.717, 1.165) is 43.1 Å². The van der Waals surface area contributed by atoms with Crippen molar-refractivity contribution in [1.29, 1.82) is 0 Å². The van der Waals surface area contributed by atoms with Crippen LogP contribution < -0.4 is 0 Å². The highest BCUT2D eigenvalue weighted by Crippen LogP contribution is 2.22. The van der Waals surface area contributed by atoms with Crippen LogP contribution in [0.2, 0.25) is 0 Å². The molecule has 4 heteroatoms. The van der Waals surface area contributed by atoms with Crippen LogP contribution in [-0.2, 0) is 11.3 Å². The summed E-state index contributed by atoms with van der Waals surface area (Å²) in [4.78, 5) is 11.7. The third kappa shape index (κ3) is 3.30. The molecule has 1 aliphatic rings. The first-order valence-corrected chi connectivity index (χ1v) is 8.39. The van der Waals surface area contributed by atoms with E-state index in [4.69, 9.17) is 9.72 Å². The molecule has 24 heavy (non-hydrogen) atoms. The van der Waals surface area contributed by atoms with Crippen LogP contribution in [0.3, 0.4) is 0 Å². The third-order valence-electron chi connectivity index (χ3n) is 4.46. The quantitative estimate of drug-likeness (QED) is 0.740.